The SMILES string of the molecule is CC(C)Oc1cccc(=O)[nH]1. The third-order valence-electron chi connectivity index (χ3n) is 1.10. The predicted molar refractivity (Wildman–Crippen MR) is 42.8 cm³/mol. The van der Waals surface area contributed by atoms with Crippen molar-refractivity contribution in [2.24, 2.45) is 0 Å². The highest BCUT2D eigenvalue weighted by atomic mass is 16.5. The van der Waals surface area contributed by atoms with Crippen LogP contribution in [0.3, 0.4) is 0 Å². The van der Waals surface area contributed by atoms with Crippen LogP contribution >= 0.6 is 0 Å². The third kappa shape index (κ3) is 2.45. The summed E-state index contributed by atoms with van der Waals surface area (Å²) in [5.41, 5.74) is -0.136. The van der Waals surface area contributed by atoms with Gasteiger partial charge in [0, 0.05) is 6.07 Å². The van der Waals surface area contributed by atoms with Crippen LogP contribution in [0.4, 0.5) is 0 Å². The average Bonchev–Trinajstić information content (AvgIpc) is 1.85. The van der Waals surface area contributed by atoms with Gasteiger partial charge in [-0.15, -0.1) is 0 Å². The van der Waals surface area contributed by atoms with E-state index in [0.29, 0.717) is 5.88 Å². The van der Waals surface area contributed by atoms with E-state index in [1.54, 1.807) is 12.1 Å². The largest absolute Gasteiger partial charge is 0.476 e. The second kappa shape index (κ2) is 3.23. The van der Waals surface area contributed by atoms with Crippen LogP contribution in [-0.4, -0.2) is 11.1 Å². The first-order valence-corrected chi connectivity index (χ1v) is 3.54. The molecule has 0 saturated carbocycles. The molecule has 60 valence electrons. The molecule has 3 heteroatoms. The maximum atomic E-state index is 10.7. The molecule has 0 amide bonds. The smallest absolute Gasteiger partial charge is 0.250 e. The lowest BCUT2D eigenvalue weighted by atomic mass is 10.4. The molecule has 0 fully saturated rings. The third-order valence-corrected chi connectivity index (χ3v) is 1.10. The lowest BCUT2D eigenvalue weighted by Crippen LogP contribution is -2.11. The van der Waals surface area contributed by atoms with Crippen molar-refractivity contribution >= 4 is 0 Å². The first-order chi connectivity index (χ1) is 5.18. The summed E-state index contributed by atoms with van der Waals surface area (Å²) in [6.45, 7) is 3.82. The summed E-state index contributed by atoms with van der Waals surface area (Å²) < 4.78 is 5.24. The van der Waals surface area contributed by atoms with Crippen molar-refractivity contribution in [3.05, 3.63) is 28.6 Å². The zero-order valence-electron chi connectivity index (χ0n) is 6.63. The minimum atomic E-state index is -0.136. The molecule has 1 heterocycles. The van der Waals surface area contributed by atoms with Gasteiger partial charge in [0.05, 0.1) is 6.10 Å². The fraction of sp³-hybridized carbons (Fsp3) is 0.375. The number of nitrogens with one attached hydrogen (secondary N) is 1. The highest BCUT2D eigenvalue weighted by Crippen LogP contribution is 2.02. The summed E-state index contributed by atoms with van der Waals surface area (Å²) in [7, 11) is 0. The van der Waals surface area contributed by atoms with Crippen molar-refractivity contribution in [2.45, 2.75) is 20.0 Å². The van der Waals surface area contributed by atoms with E-state index in [1.807, 2.05) is 13.8 Å². The molecule has 0 aliphatic heterocycles. The van der Waals surface area contributed by atoms with Crippen molar-refractivity contribution in [1.29, 1.82) is 0 Å². The van der Waals surface area contributed by atoms with Crippen molar-refractivity contribution in [1.82, 2.24) is 4.98 Å². The maximum Gasteiger partial charge on any atom is 0.250 e. The standard InChI is InChI=1S/C8H11NO2/c1-6(2)11-8-5-3-4-7(10)9-8/h3-6H,1-2H3,(H,9,10). The Morgan fingerprint density at radius 3 is 2.73 bits per heavy atom. The Morgan fingerprint density at radius 1 is 1.45 bits per heavy atom. The van der Waals surface area contributed by atoms with E-state index in [0.717, 1.165) is 0 Å². The number of ether oxygens (including phenoxy) is 1. The number of H-pyrrole nitrogens is 1. The molecule has 0 bridgehead atoms. The second-order valence-electron chi connectivity index (χ2n) is 2.55. The van der Waals surface area contributed by atoms with Crippen LogP contribution < -0.4 is 10.3 Å². The molecule has 0 aliphatic rings. The minimum Gasteiger partial charge on any atom is -0.476 e. The fourth-order valence-electron chi connectivity index (χ4n) is 0.750. The van der Waals surface area contributed by atoms with Gasteiger partial charge in [-0.2, -0.15) is 0 Å². The minimum absolute atomic E-state index is 0.0908. The summed E-state index contributed by atoms with van der Waals surface area (Å²) in [6.07, 6.45) is 0.0908. The monoisotopic (exact) mass is 153 g/mol. The Balaban J connectivity index is 2.80. The zero-order valence-corrected chi connectivity index (χ0v) is 6.63. The molecule has 0 aromatic carbocycles. The Bertz CT molecular complexity index is 277. The quantitative estimate of drug-likeness (QED) is 0.692. The summed E-state index contributed by atoms with van der Waals surface area (Å²) in [5, 5.41) is 0. The molecule has 1 aromatic heterocycles. The van der Waals surface area contributed by atoms with Crippen LogP contribution in [0.25, 0.3) is 0 Å². The second-order valence-corrected chi connectivity index (χ2v) is 2.55. The number of aromatic amines is 1. The van der Waals surface area contributed by atoms with Crippen LogP contribution in [-0.2, 0) is 0 Å². The lowest BCUT2D eigenvalue weighted by molar-refractivity contribution is 0.232. The molecule has 11 heavy (non-hydrogen) atoms. The van der Waals surface area contributed by atoms with Crippen LogP contribution in [0, 0.1) is 0 Å². The Kier molecular flexibility index (Phi) is 2.31. The molecule has 0 atom stereocenters. The number of rotatable bonds is 2. The van der Waals surface area contributed by atoms with Gasteiger partial charge >= 0.3 is 0 Å². The van der Waals surface area contributed by atoms with Crippen molar-refractivity contribution < 1.29 is 4.74 Å². The molecule has 1 N–H and O–H groups in total. The van der Waals surface area contributed by atoms with Gasteiger partial charge in [-0.05, 0) is 19.9 Å². The maximum absolute atomic E-state index is 10.7. The van der Waals surface area contributed by atoms with Crippen LogP contribution in [0.1, 0.15) is 13.8 Å². The number of aromatic nitrogens is 1. The van der Waals surface area contributed by atoms with E-state index in [2.05, 4.69) is 4.98 Å². The molecule has 0 aliphatic carbocycles. The Hall–Kier alpha value is -1.25. The molecular formula is C8H11NO2. The van der Waals surface area contributed by atoms with Gasteiger partial charge in [0.1, 0.15) is 0 Å². The highest BCUT2D eigenvalue weighted by Gasteiger charge is 1.95. The predicted octanol–water partition coefficient (Wildman–Crippen LogP) is 1.16. The molecule has 0 spiro atoms. The molecular weight excluding hydrogens is 142 g/mol. The van der Waals surface area contributed by atoms with E-state index >= 15 is 0 Å². The lowest BCUT2D eigenvalue weighted by Gasteiger charge is -2.07. The van der Waals surface area contributed by atoms with Crippen molar-refractivity contribution in [3.8, 4) is 5.88 Å². The Labute approximate surface area is 65.0 Å². The van der Waals surface area contributed by atoms with Gasteiger partial charge < -0.3 is 4.74 Å². The summed E-state index contributed by atoms with van der Waals surface area (Å²) >= 11 is 0. The van der Waals surface area contributed by atoms with Crippen LogP contribution in [0.5, 0.6) is 5.88 Å². The van der Waals surface area contributed by atoms with Crippen molar-refractivity contribution in [3.63, 3.8) is 0 Å². The molecule has 0 radical (unpaired) electrons. The van der Waals surface area contributed by atoms with E-state index in [4.69, 9.17) is 4.74 Å². The molecule has 1 aromatic rings. The summed E-state index contributed by atoms with van der Waals surface area (Å²) in [6, 6.07) is 4.84. The normalized spacial score (nSPS) is 10.1. The van der Waals surface area contributed by atoms with Crippen molar-refractivity contribution in [2.75, 3.05) is 0 Å². The molecule has 0 saturated heterocycles. The Morgan fingerprint density at radius 2 is 2.18 bits per heavy atom. The zero-order chi connectivity index (χ0) is 8.27. The van der Waals surface area contributed by atoms with E-state index in [9.17, 15) is 4.79 Å². The van der Waals surface area contributed by atoms with Gasteiger partial charge in [0.25, 0.3) is 5.56 Å². The topological polar surface area (TPSA) is 42.1 Å². The van der Waals surface area contributed by atoms with Gasteiger partial charge in [-0.3, -0.25) is 9.78 Å². The van der Waals surface area contributed by atoms with Gasteiger partial charge in [-0.25, -0.2) is 0 Å². The first kappa shape index (κ1) is 7.85. The van der Waals surface area contributed by atoms with Crippen LogP contribution in [0.2, 0.25) is 0 Å². The van der Waals surface area contributed by atoms with Gasteiger partial charge in [-0.1, -0.05) is 6.07 Å². The van der Waals surface area contributed by atoms with E-state index in [-0.39, 0.29) is 11.7 Å². The van der Waals surface area contributed by atoms with Gasteiger partial charge in [0.2, 0.25) is 0 Å². The van der Waals surface area contributed by atoms with Gasteiger partial charge in [0.15, 0.2) is 5.88 Å². The summed E-state index contributed by atoms with van der Waals surface area (Å²) in [5.74, 6) is 0.521. The molecule has 1 rings (SSSR count). The number of hydrogen-bond acceptors (Lipinski definition) is 2. The molecule has 0 unspecified atom stereocenters. The van der Waals surface area contributed by atoms with E-state index < -0.39 is 0 Å². The molecule has 3 nitrogen and oxygen atoms in total. The number of pyridine rings is 1. The highest BCUT2D eigenvalue weighted by molar-refractivity contribution is 5.09. The van der Waals surface area contributed by atoms with E-state index in [1.165, 1.54) is 6.07 Å². The van der Waals surface area contributed by atoms with Crippen LogP contribution in [0.15, 0.2) is 23.0 Å². The fourth-order valence-corrected chi connectivity index (χ4v) is 0.750. The average molecular weight is 153 g/mol. The first-order valence-electron chi connectivity index (χ1n) is 3.54. The summed E-state index contributed by atoms with van der Waals surface area (Å²) in [4.78, 5) is 13.3. The number of hydrogen-bond donors (Lipinski definition) is 1.